The van der Waals surface area contributed by atoms with Crippen LogP contribution in [-0.2, 0) is 11.3 Å². The fourth-order valence-electron chi connectivity index (χ4n) is 1.99. The third-order valence-corrected chi connectivity index (χ3v) is 3.08. The van der Waals surface area contributed by atoms with Crippen molar-refractivity contribution in [1.29, 1.82) is 0 Å². The highest BCUT2D eigenvalue weighted by Crippen LogP contribution is 2.24. The lowest BCUT2D eigenvalue weighted by atomic mass is 10.1. The highest BCUT2D eigenvalue weighted by molar-refractivity contribution is 6.30. The predicted octanol–water partition coefficient (Wildman–Crippen LogP) is 2.88. The molecule has 1 heterocycles. The van der Waals surface area contributed by atoms with E-state index in [1.165, 1.54) is 0 Å². The van der Waals surface area contributed by atoms with Crippen molar-refractivity contribution in [3.63, 3.8) is 0 Å². The molecule has 0 aliphatic carbocycles. The Kier molecular flexibility index (Phi) is 4.17. The van der Waals surface area contributed by atoms with Crippen molar-refractivity contribution in [2.24, 2.45) is 0 Å². The number of hydrogen-bond acceptors (Lipinski definition) is 1. The number of halogens is 1. The molecule has 98 valence electrons. The van der Waals surface area contributed by atoms with Crippen molar-refractivity contribution in [2.75, 3.05) is 5.32 Å². The van der Waals surface area contributed by atoms with Crippen LogP contribution in [0.25, 0.3) is 0 Å². The Morgan fingerprint density at radius 2 is 1.74 bits per heavy atom. The molecule has 4 heteroatoms. The molecule has 0 spiro atoms. The molecule has 0 atom stereocenters. The molecule has 0 aliphatic rings. The first-order valence-electron chi connectivity index (χ1n) is 6.07. The lowest BCUT2D eigenvalue weighted by Gasteiger charge is -2.11. The van der Waals surface area contributed by atoms with Crippen LogP contribution >= 0.6 is 11.6 Å². The Balaban J connectivity index is 2.12. The van der Waals surface area contributed by atoms with Crippen molar-refractivity contribution < 1.29 is 9.36 Å². The fraction of sp³-hybridized carbons (Fsp3) is 0.200. The number of nitrogens with zero attached hydrogens (tertiary/aromatic N) is 1. The second-order valence-corrected chi connectivity index (χ2v) is 4.95. The zero-order valence-electron chi connectivity index (χ0n) is 11.0. The van der Waals surface area contributed by atoms with Crippen molar-refractivity contribution in [3.05, 3.63) is 58.9 Å². The summed E-state index contributed by atoms with van der Waals surface area (Å²) in [5.74, 6) is -0.0512. The number of hydrogen-bond donors (Lipinski definition) is 1. The van der Waals surface area contributed by atoms with Crippen LogP contribution in [-0.4, -0.2) is 5.91 Å². The molecule has 1 aromatic heterocycles. The predicted molar refractivity (Wildman–Crippen MR) is 76.2 cm³/mol. The molecule has 19 heavy (non-hydrogen) atoms. The monoisotopic (exact) mass is 275 g/mol. The van der Waals surface area contributed by atoms with E-state index in [4.69, 9.17) is 11.6 Å². The van der Waals surface area contributed by atoms with Gasteiger partial charge in [0.1, 0.15) is 0 Å². The lowest BCUT2D eigenvalue weighted by molar-refractivity contribution is -0.684. The second-order valence-electron chi connectivity index (χ2n) is 4.51. The van der Waals surface area contributed by atoms with Crippen molar-refractivity contribution in [2.45, 2.75) is 20.4 Å². The summed E-state index contributed by atoms with van der Waals surface area (Å²) in [5.41, 5.74) is 2.78. The van der Waals surface area contributed by atoms with Crippen molar-refractivity contribution in [1.82, 2.24) is 0 Å². The van der Waals surface area contributed by atoms with Gasteiger partial charge in [0, 0.05) is 22.8 Å². The number of carbonyl (C=O) groups is 1. The number of nitrogens with one attached hydrogen (secondary N) is 1. The summed E-state index contributed by atoms with van der Waals surface area (Å²) in [6.07, 6.45) is 3.72. The summed E-state index contributed by atoms with van der Waals surface area (Å²) in [6, 6.07) is 9.40. The minimum absolute atomic E-state index is 0.0512. The zero-order valence-corrected chi connectivity index (χ0v) is 11.7. The van der Waals surface area contributed by atoms with Gasteiger partial charge in [0.2, 0.25) is 6.54 Å². The molecule has 2 rings (SSSR count). The van der Waals surface area contributed by atoms with Gasteiger partial charge in [-0.25, -0.2) is 0 Å². The molecule has 0 unspecified atom stereocenters. The van der Waals surface area contributed by atoms with Gasteiger partial charge < -0.3 is 5.32 Å². The van der Waals surface area contributed by atoms with Crippen molar-refractivity contribution in [3.8, 4) is 0 Å². The van der Waals surface area contributed by atoms with E-state index in [2.05, 4.69) is 5.32 Å². The molecule has 2 aromatic rings. The van der Waals surface area contributed by atoms with E-state index in [0.29, 0.717) is 11.6 Å². The van der Waals surface area contributed by atoms with Crippen LogP contribution < -0.4 is 9.88 Å². The number of aryl methyl sites for hydroxylation is 2. The van der Waals surface area contributed by atoms with Gasteiger partial charge in [-0.3, -0.25) is 4.79 Å². The molecular formula is C15H16ClN2O+. The molecule has 0 saturated carbocycles. The standard InChI is InChI=1S/C15H15ClN2O/c1-11-8-13(16)9-12(2)15(11)17-14(19)10-18-6-4-3-5-7-18/h3-9H,10H2,1-2H3/p+1. The van der Waals surface area contributed by atoms with Gasteiger partial charge in [0.15, 0.2) is 12.4 Å². The van der Waals surface area contributed by atoms with E-state index in [0.717, 1.165) is 16.8 Å². The normalized spacial score (nSPS) is 10.3. The SMILES string of the molecule is Cc1cc(Cl)cc(C)c1NC(=O)C[n+]1ccccc1. The summed E-state index contributed by atoms with van der Waals surface area (Å²) in [7, 11) is 0. The van der Waals surface area contributed by atoms with Crippen molar-refractivity contribution >= 4 is 23.2 Å². The summed E-state index contributed by atoms with van der Waals surface area (Å²) >= 11 is 5.97. The fourth-order valence-corrected chi connectivity index (χ4v) is 2.32. The number of pyridine rings is 1. The Hall–Kier alpha value is -1.87. The van der Waals surface area contributed by atoms with E-state index >= 15 is 0 Å². The third-order valence-electron chi connectivity index (χ3n) is 2.87. The number of anilines is 1. The van der Waals surface area contributed by atoms with E-state index in [-0.39, 0.29) is 5.91 Å². The first kappa shape index (κ1) is 13.6. The minimum Gasteiger partial charge on any atom is -0.320 e. The average Bonchev–Trinajstić information content (AvgIpc) is 2.35. The molecular weight excluding hydrogens is 260 g/mol. The van der Waals surface area contributed by atoms with Gasteiger partial charge in [0.25, 0.3) is 5.91 Å². The number of benzene rings is 1. The highest BCUT2D eigenvalue weighted by Gasteiger charge is 2.12. The van der Waals surface area contributed by atoms with Crippen LogP contribution in [0.5, 0.6) is 0 Å². The molecule has 0 radical (unpaired) electrons. The van der Waals surface area contributed by atoms with Crippen LogP contribution in [0.3, 0.4) is 0 Å². The van der Waals surface area contributed by atoms with Crippen LogP contribution in [0.4, 0.5) is 5.69 Å². The first-order valence-corrected chi connectivity index (χ1v) is 6.45. The van der Waals surface area contributed by atoms with E-state index in [9.17, 15) is 4.79 Å². The van der Waals surface area contributed by atoms with E-state index < -0.39 is 0 Å². The van der Waals surface area contributed by atoms with Gasteiger partial charge in [-0.05, 0) is 37.1 Å². The zero-order chi connectivity index (χ0) is 13.8. The quantitative estimate of drug-likeness (QED) is 0.859. The smallest absolute Gasteiger partial charge is 0.290 e. The topological polar surface area (TPSA) is 33.0 Å². The molecule has 3 nitrogen and oxygen atoms in total. The van der Waals surface area contributed by atoms with Crippen LogP contribution in [0, 0.1) is 13.8 Å². The summed E-state index contributed by atoms with van der Waals surface area (Å²) in [6.45, 7) is 4.16. The maximum atomic E-state index is 12.0. The molecule has 0 aliphatic heterocycles. The minimum atomic E-state index is -0.0512. The highest BCUT2D eigenvalue weighted by atomic mass is 35.5. The van der Waals surface area contributed by atoms with Gasteiger partial charge in [0.05, 0.1) is 0 Å². The van der Waals surface area contributed by atoms with Crippen LogP contribution in [0.1, 0.15) is 11.1 Å². The molecule has 1 N–H and O–H groups in total. The summed E-state index contributed by atoms with van der Waals surface area (Å²) in [4.78, 5) is 12.0. The molecule has 1 aromatic carbocycles. The Morgan fingerprint density at radius 3 is 2.32 bits per heavy atom. The molecule has 0 bridgehead atoms. The van der Waals surface area contributed by atoms with E-state index in [1.54, 1.807) is 0 Å². The summed E-state index contributed by atoms with van der Waals surface area (Å²) in [5, 5.41) is 3.62. The third kappa shape index (κ3) is 3.55. The molecule has 1 amide bonds. The second kappa shape index (κ2) is 5.85. The first-order chi connectivity index (χ1) is 9.06. The van der Waals surface area contributed by atoms with E-state index in [1.807, 2.05) is 61.1 Å². The number of amides is 1. The number of carbonyl (C=O) groups excluding carboxylic acids is 1. The Labute approximate surface area is 117 Å². The largest absolute Gasteiger partial charge is 0.320 e. The maximum Gasteiger partial charge on any atom is 0.290 e. The average molecular weight is 276 g/mol. The summed E-state index contributed by atoms with van der Waals surface area (Å²) < 4.78 is 1.83. The number of rotatable bonds is 3. The maximum absolute atomic E-state index is 12.0. The Morgan fingerprint density at radius 1 is 1.16 bits per heavy atom. The Bertz CT molecular complexity index is 573. The van der Waals surface area contributed by atoms with Gasteiger partial charge >= 0.3 is 0 Å². The lowest BCUT2D eigenvalue weighted by Crippen LogP contribution is -2.39. The molecule has 0 saturated heterocycles. The van der Waals surface area contributed by atoms with Gasteiger partial charge in [-0.1, -0.05) is 17.7 Å². The van der Waals surface area contributed by atoms with Gasteiger partial charge in [-0.15, -0.1) is 0 Å². The molecule has 0 fully saturated rings. The van der Waals surface area contributed by atoms with Crippen LogP contribution in [0.2, 0.25) is 5.02 Å². The van der Waals surface area contributed by atoms with Crippen LogP contribution in [0.15, 0.2) is 42.7 Å². The van der Waals surface area contributed by atoms with Gasteiger partial charge in [-0.2, -0.15) is 4.57 Å². The number of aromatic nitrogens is 1.